The number of nitrogen functional groups attached to an aromatic ring is 1. The van der Waals surface area contributed by atoms with Gasteiger partial charge in [-0.05, 0) is 6.92 Å². The minimum atomic E-state index is -1.07. The summed E-state index contributed by atoms with van der Waals surface area (Å²) in [5.74, 6) is 0.135. The molecule has 1 aromatic heterocycles. The van der Waals surface area contributed by atoms with Crippen molar-refractivity contribution < 1.29 is 24.4 Å². The number of anilines is 1. The molecular weight excluding hydrogens is 294 g/mol. The largest absolute Gasteiger partial charge is 0.394 e. The predicted octanol–water partition coefficient (Wildman–Crippen LogP) is -1.58. The summed E-state index contributed by atoms with van der Waals surface area (Å²) in [4.78, 5) is 15.7. The normalized spacial score (nSPS) is 28.2. The first-order valence-corrected chi connectivity index (χ1v) is 6.89. The molecule has 9 nitrogen and oxygen atoms in total. The molecular formula is C13H21N3O6. The third-order valence-electron chi connectivity index (χ3n) is 3.54. The molecule has 0 amide bonds. The van der Waals surface area contributed by atoms with Crippen LogP contribution in [-0.2, 0) is 14.2 Å². The molecule has 9 heteroatoms. The van der Waals surface area contributed by atoms with Crippen LogP contribution in [0.15, 0.2) is 11.0 Å². The van der Waals surface area contributed by atoms with Crippen molar-refractivity contribution in [2.75, 3.05) is 32.7 Å². The van der Waals surface area contributed by atoms with Gasteiger partial charge in [-0.3, -0.25) is 4.57 Å². The van der Waals surface area contributed by atoms with Gasteiger partial charge in [0, 0.05) is 18.9 Å². The summed E-state index contributed by atoms with van der Waals surface area (Å²) < 4.78 is 17.2. The van der Waals surface area contributed by atoms with Crippen LogP contribution in [0.5, 0.6) is 0 Å². The predicted molar refractivity (Wildman–Crippen MR) is 76.3 cm³/mol. The van der Waals surface area contributed by atoms with Crippen LogP contribution in [0.2, 0.25) is 0 Å². The van der Waals surface area contributed by atoms with Crippen molar-refractivity contribution in [1.29, 1.82) is 0 Å². The van der Waals surface area contributed by atoms with E-state index in [1.165, 1.54) is 17.9 Å². The van der Waals surface area contributed by atoms with Gasteiger partial charge in [0.1, 0.15) is 24.1 Å². The highest BCUT2D eigenvalue weighted by atomic mass is 16.6. The van der Waals surface area contributed by atoms with E-state index in [0.717, 1.165) is 0 Å². The number of aromatic nitrogens is 2. The fourth-order valence-corrected chi connectivity index (χ4v) is 2.30. The lowest BCUT2D eigenvalue weighted by molar-refractivity contribution is -0.0819. The highest BCUT2D eigenvalue weighted by Gasteiger charge is 2.45. The van der Waals surface area contributed by atoms with Crippen LogP contribution in [-0.4, -0.2) is 65.0 Å². The van der Waals surface area contributed by atoms with Gasteiger partial charge < -0.3 is 30.2 Å². The van der Waals surface area contributed by atoms with Gasteiger partial charge in [-0.1, -0.05) is 0 Å². The topological polar surface area (TPSA) is 129 Å². The lowest BCUT2D eigenvalue weighted by Crippen LogP contribution is -2.39. The third kappa shape index (κ3) is 3.28. The zero-order chi connectivity index (χ0) is 16.3. The SMILES string of the molecule is COCCOC1C(O)[C@@H](CO)O[C@H]1n1cc(C)c(N)nc1=O. The Kier molecular flexibility index (Phi) is 5.48. The molecule has 2 heterocycles. The fraction of sp³-hybridized carbons (Fsp3) is 0.692. The van der Waals surface area contributed by atoms with Gasteiger partial charge in [-0.25, -0.2) is 4.79 Å². The molecule has 1 aromatic rings. The molecule has 0 aliphatic carbocycles. The number of rotatable bonds is 6. The molecule has 0 radical (unpaired) electrons. The van der Waals surface area contributed by atoms with Crippen LogP contribution in [0, 0.1) is 6.92 Å². The second-order valence-corrected chi connectivity index (χ2v) is 5.07. The summed E-state index contributed by atoms with van der Waals surface area (Å²) >= 11 is 0. The molecule has 0 aromatic carbocycles. The number of nitrogens with two attached hydrogens (primary N) is 1. The van der Waals surface area contributed by atoms with Crippen molar-refractivity contribution in [1.82, 2.24) is 9.55 Å². The maximum atomic E-state index is 12.0. The van der Waals surface area contributed by atoms with Gasteiger partial charge >= 0.3 is 5.69 Å². The van der Waals surface area contributed by atoms with Crippen LogP contribution in [0.3, 0.4) is 0 Å². The number of nitrogens with zero attached hydrogens (tertiary/aromatic N) is 2. The van der Waals surface area contributed by atoms with Crippen LogP contribution < -0.4 is 11.4 Å². The zero-order valence-electron chi connectivity index (χ0n) is 12.5. The summed E-state index contributed by atoms with van der Waals surface area (Å²) in [6.45, 7) is 1.85. The molecule has 1 aliphatic rings. The van der Waals surface area contributed by atoms with Gasteiger partial charge in [0.2, 0.25) is 0 Å². The smallest absolute Gasteiger partial charge is 0.351 e. The second-order valence-electron chi connectivity index (χ2n) is 5.07. The van der Waals surface area contributed by atoms with Crippen LogP contribution in [0.1, 0.15) is 11.8 Å². The minimum Gasteiger partial charge on any atom is -0.394 e. The Balaban J connectivity index is 2.29. The number of methoxy groups -OCH3 is 1. The molecule has 124 valence electrons. The van der Waals surface area contributed by atoms with Crippen molar-refractivity contribution in [2.24, 2.45) is 0 Å². The number of hydrogen-bond acceptors (Lipinski definition) is 8. The van der Waals surface area contributed by atoms with Gasteiger partial charge in [-0.15, -0.1) is 0 Å². The third-order valence-corrected chi connectivity index (χ3v) is 3.54. The Bertz CT molecular complexity index is 563. The number of aryl methyl sites for hydroxylation is 1. The molecule has 22 heavy (non-hydrogen) atoms. The van der Waals surface area contributed by atoms with Crippen molar-refractivity contribution in [3.8, 4) is 0 Å². The fourth-order valence-electron chi connectivity index (χ4n) is 2.30. The van der Waals surface area contributed by atoms with Crippen LogP contribution >= 0.6 is 0 Å². The van der Waals surface area contributed by atoms with Crippen LogP contribution in [0.25, 0.3) is 0 Å². The lowest BCUT2D eigenvalue weighted by atomic mass is 10.1. The monoisotopic (exact) mass is 315 g/mol. The highest BCUT2D eigenvalue weighted by molar-refractivity contribution is 5.35. The Morgan fingerprint density at radius 1 is 1.50 bits per heavy atom. The maximum Gasteiger partial charge on any atom is 0.351 e. The quantitative estimate of drug-likeness (QED) is 0.536. The van der Waals surface area contributed by atoms with E-state index in [2.05, 4.69) is 4.98 Å². The van der Waals surface area contributed by atoms with E-state index in [0.29, 0.717) is 12.2 Å². The first-order valence-electron chi connectivity index (χ1n) is 6.89. The first-order chi connectivity index (χ1) is 10.5. The maximum absolute atomic E-state index is 12.0. The van der Waals surface area contributed by atoms with E-state index >= 15 is 0 Å². The summed E-state index contributed by atoms with van der Waals surface area (Å²) in [5.41, 5.74) is 5.59. The molecule has 0 bridgehead atoms. The average Bonchev–Trinajstić information content (AvgIpc) is 2.80. The van der Waals surface area contributed by atoms with Gasteiger partial charge in [0.15, 0.2) is 6.23 Å². The number of hydrogen-bond donors (Lipinski definition) is 3. The number of ether oxygens (including phenoxy) is 3. The summed E-state index contributed by atoms with van der Waals surface area (Å²) in [5, 5.41) is 19.5. The van der Waals surface area contributed by atoms with Crippen molar-refractivity contribution in [2.45, 2.75) is 31.5 Å². The number of aliphatic hydroxyl groups excluding tert-OH is 2. The summed E-state index contributed by atoms with van der Waals surface area (Å²) in [6, 6.07) is 0. The molecule has 0 spiro atoms. The number of aliphatic hydroxyl groups is 2. The van der Waals surface area contributed by atoms with Crippen molar-refractivity contribution in [3.63, 3.8) is 0 Å². The van der Waals surface area contributed by atoms with Crippen molar-refractivity contribution in [3.05, 3.63) is 22.2 Å². The van der Waals surface area contributed by atoms with Crippen molar-refractivity contribution >= 4 is 5.82 Å². The van der Waals surface area contributed by atoms with Gasteiger partial charge in [0.05, 0.1) is 19.8 Å². The Labute approximate surface area is 127 Å². The van der Waals surface area contributed by atoms with Crippen LogP contribution in [0.4, 0.5) is 5.82 Å². The molecule has 4 atom stereocenters. The second kappa shape index (κ2) is 7.16. The van der Waals surface area contributed by atoms with E-state index in [4.69, 9.17) is 19.9 Å². The Hall–Kier alpha value is -1.52. The van der Waals surface area contributed by atoms with Gasteiger partial charge in [-0.2, -0.15) is 4.98 Å². The van der Waals surface area contributed by atoms with E-state index < -0.39 is 36.8 Å². The van der Waals surface area contributed by atoms with Gasteiger partial charge in [0.25, 0.3) is 0 Å². The molecule has 4 N–H and O–H groups in total. The molecule has 1 fully saturated rings. The molecule has 0 saturated carbocycles. The van der Waals surface area contributed by atoms with E-state index in [9.17, 15) is 15.0 Å². The first kappa shape index (κ1) is 16.8. The zero-order valence-corrected chi connectivity index (χ0v) is 12.5. The van der Waals surface area contributed by atoms with E-state index in [1.807, 2.05) is 0 Å². The lowest BCUT2D eigenvalue weighted by Gasteiger charge is -2.22. The average molecular weight is 315 g/mol. The molecule has 1 aliphatic heterocycles. The summed E-state index contributed by atoms with van der Waals surface area (Å²) in [6.07, 6.45) is -2.15. The van der Waals surface area contributed by atoms with E-state index in [1.54, 1.807) is 6.92 Å². The highest BCUT2D eigenvalue weighted by Crippen LogP contribution is 2.31. The molecule has 1 saturated heterocycles. The summed E-state index contributed by atoms with van der Waals surface area (Å²) in [7, 11) is 1.52. The molecule has 2 unspecified atom stereocenters. The standard InChI is InChI=1S/C13H21N3O6/c1-7-5-16(13(19)15-11(7)14)12-10(21-4-3-20-2)9(18)8(6-17)22-12/h5,8-10,12,17-18H,3-4,6H2,1-2H3,(H2,14,15,19)/t8-,9?,10?,12-/m1/s1. The van der Waals surface area contributed by atoms with E-state index in [-0.39, 0.29) is 12.4 Å². The minimum absolute atomic E-state index is 0.135. The Morgan fingerprint density at radius 2 is 2.23 bits per heavy atom. The molecule has 2 rings (SSSR count). The Morgan fingerprint density at radius 3 is 2.86 bits per heavy atom.